The van der Waals surface area contributed by atoms with Crippen LogP contribution in [0.2, 0.25) is 0 Å². The van der Waals surface area contributed by atoms with E-state index in [4.69, 9.17) is 9.47 Å². The Balaban J connectivity index is 1.73. The van der Waals surface area contributed by atoms with E-state index in [-0.39, 0.29) is 0 Å². The topological polar surface area (TPSA) is 55.8 Å². The SMILES string of the molecule is CC(=O)Oc1cc2c(cc1OC(C)=O)CN(CCc1ccccc1)C2. The first-order valence-electron chi connectivity index (χ1n) is 8.30. The van der Waals surface area contributed by atoms with E-state index in [1.807, 2.05) is 18.2 Å². The lowest BCUT2D eigenvalue weighted by Gasteiger charge is -2.14. The van der Waals surface area contributed by atoms with Crippen molar-refractivity contribution in [1.82, 2.24) is 4.90 Å². The van der Waals surface area contributed by atoms with Gasteiger partial charge in [-0.05, 0) is 35.2 Å². The van der Waals surface area contributed by atoms with Crippen LogP contribution in [0.15, 0.2) is 42.5 Å². The van der Waals surface area contributed by atoms with Gasteiger partial charge in [0.05, 0.1) is 0 Å². The van der Waals surface area contributed by atoms with Crippen LogP contribution in [-0.4, -0.2) is 23.4 Å². The van der Waals surface area contributed by atoms with E-state index in [0.717, 1.165) is 37.2 Å². The molecule has 2 aromatic rings. The molecule has 1 heterocycles. The second-order valence-corrected chi connectivity index (χ2v) is 6.20. The van der Waals surface area contributed by atoms with Crippen LogP contribution in [0.4, 0.5) is 0 Å². The van der Waals surface area contributed by atoms with Gasteiger partial charge in [0.1, 0.15) is 0 Å². The predicted molar refractivity (Wildman–Crippen MR) is 93.3 cm³/mol. The molecule has 0 atom stereocenters. The molecule has 0 fully saturated rings. The van der Waals surface area contributed by atoms with Crippen LogP contribution >= 0.6 is 0 Å². The van der Waals surface area contributed by atoms with Crippen molar-refractivity contribution in [3.63, 3.8) is 0 Å². The summed E-state index contributed by atoms with van der Waals surface area (Å²) in [5, 5.41) is 0. The minimum Gasteiger partial charge on any atom is -0.423 e. The number of benzene rings is 2. The molecule has 0 N–H and O–H groups in total. The summed E-state index contributed by atoms with van der Waals surface area (Å²) >= 11 is 0. The fourth-order valence-electron chi connectivity index (χ4n) is 3.04. The van der Waals surface area contributed by atoms with E-state index >= 15 is 0 Å². The summed E-state index contributed by atoms with van der Waals surface area (Å²) in [5.74, 6) is -0.280. The average Bonchev–Trinajstić information content (AvgIpc) is 2.95. The number of rotatable bonds is 5. The lowest BCUT2D eigenvalue weighted by molar-refractivity contribution is -0.134. The summed E-state index contributed by atoms with van der Waals surface area (Å²) in [5.41, 5.74) is 3.50. The van der Waals surface area contributed by atoms with E-state index < -0.39 is 11.9 Å². The maximum atomic E-state index is 11.3. The first-order valence-corrected chi connectivity index (χ1v) is 8.30. The molecule has 130 valence electrons. The lowest BCUT2D eigenvalue weighted by Crippen LogP contribution is -2.19. The molecule has 2 aromatic carbocycles. The van der Waals surface area contributed by atoms with E-state index in [2.05, 4.69) is 17.0 Å². The van der Waals surface area contributed by atoms with E-state index in [1.165, 1.54) is 19.4 Å². The van der Waals surface area contributed by atoms with Crippen molar-refractivity contribution in [2.24, 2.45) is 0 Å². The summed E-state index contributed by atoms with van der Waals surface area (Å²) in [4.78, 5) is 24.9. The van der Waals surface area contributed by atoms with E-state index in [9.17, 15) is 9.59 Å². The molecule has 0 aromatic heterocycles. The average molecular weight is 339 g/mol. The van der Waals surface area contributed by atoms with Crippen molar-refractivity contribution < 1.29 is 19.1 Å². The standard InChI is InChI=1S/C20H21NO4/c1-14(22)24-19-10-17-12-21(9-8-16-6-4-3-5-7-16)13-18(17)11-20(19)25-15(2)23/h3-7,10-11H,8-9,12-13H2,1-2H3. The molecule has 5 nitrogen and oxygen atoms in total. The second kappa shape index (κ2) is 7.49. The molecular weight excluding hydrogens is 318 g/mol. The third-order valence-electron chi connectivity index (χ3n) is 4.12. The van der Waals surface area contributed by atoms with Crippen molar-refractivity contribution in [2.45, 2.75) is 33.4 Å². The maximum absolute atomic E-state index is 11.3. The molecule has 1 aliphatic heterocycles. The zero-order valence-electron chi connectivity index (χ0n) is 14.5. The fraction of sp³-hybridized carbons (Fsp3) is 0.300. The highest BCUT2D eigenvalue weighted by molar-refractivity contribution is 5.74. The molecule has 25 heavy (non-hydrogen) atoms. The van der Waals surface area contributed by atoms with Crippen molar-refractivity contribution in [3.8, 4) is 11.5 Å². The number of carbonyl (C=O) groups is 2. The Morgan fingerprint density at radius 3 is 1.92 bits per heavy atom. The molecule has 0 spiro atoms. The Labute approximate surface area is 147 Å². The molecule has 1 aliphatic rings. The maximum Gasteiger partial charge on any atom is 0.308 e. The van der Waals surface area contributed by atoms with Gasteiger partial charge in [-0.25, -0.2) is 0 Å². The number of esters is 2. The zero-order chi connectivity index (χ0) is 17.8. The number of fused-ring (bicyclic) bond motifs is 1. The normalized spacial score (nSPS) is 13.4. The second-order valence-electron chi connectivity index (χ2n) is 6.20. The largest absolute Gasteiger partial charge is 0.423 e. The predicted octanol–water partition coefficient (Wildman–Crippen LogP) is 3.10. The molecular formula is C20H21NO4. The fourth-order valence-corrected chi connectivity index (χ4v) is 3.04. The Bertz CT molecular complexity index is 741. The van der Waals surface area contributed by atoms with Crippen LogP contribution in [0.5, 0.6) is 11.5 Å². The van der Waals surface area contributed by atoms with Gasteiger partial charge in [0.15, 0.2) is 11.5 Å². The third-order valence-corrected chi connectivity index (χ3v) is 4.12. The Hall–Kier alpha value is -2.66. The van der Waals surface area contributed by atoms with Crippen molar-refractivity contribution in [2.75, 3.05) is 6.54 Å². The van der Waals surface area contributed by atoms with E-state index in [0.29, 0.717) is 11.5 Å². The summed E-state index contributed by atoms with van der Waals surface area (Å²) < 4.78 is 10.4. The summed E-state index contributed by atoms with van der Waals surface area (Å²) in [6.07, 6.45) is 0.975. The van der Waals surface area contributed by atoms with Crippen molar-refractivity contribution >= 4 is 11.9 Å². The van der Waals surface area contributed by atoms with Crippen LogP contribution in [-0.2, 0) is 29.1 Å². The number of ether oxygens (including phenoxy) is 2. The summed E-state index contributed by atoms with van der Waals surface area (Å²) in [7, 11) is 0. The smallest absolute Gasteiger partial charge is 0.308 e. The molecule has 0 saturated carbocycles. The van der Waals surface area contributed by atoms with E-state index in [1.54, 1.807) is 12.1 Å². The van der Waals surface area contributed by atoms with Gasteiger partial charge in [-0.2, -0.15) is 0 Å². The molecule has 0 amide bonds. The molecule has 0 bridgehead atoms. The van der Waals surface area contributed by atoms with Gasteiger partial charge >= 0.3 is 11.9 Å². The van der Waals surface area contributed by atoms with Crippen LogP contribution in [0, 0.1) is 0 Å². The Kier molecular flexibility index (Phi) is 5.14. The van der Waals surface area contributed by atoms with Gasteiger partial charge in [0.25, 0.3) is 0 Å². The zero-order valence-corrected chi connectivity index (χ0v) is 14.5. The Morgan fingerprint density at radius 2 is 1.44 bits per heavy atom. The first kappa shape index (κ1) is 17.2. The molecule has 0 aliphatic carbocycles. The molecule has 0 saturated heterocycles. The van der Waals surface area contributed by atoms with Crippen molar-refractivity contribution in [1.29, 1.82) is 0 Å². The highest BCUT2D eigenvalue weighted by Gasteiger charge is 2.23. The number of carbonyl (C=O) groups excluding carboxylic acids is 2. The monoisotopic (exact) mass is 339 g/mol. The molecule has 5 heteroatoms. The van der Waals surface area contributed by atoms with Crippen LogP contribution in [0.3, 0.4) is 0 Å². The highest BCUT2D eigenvalue weighted by atomic mass is 16.6. The summed E-state index contributed by atoms with van der Waals surface area (Å²) in [6.45, 7) is 5.17. The summed E-state index contributed by atoms with van der Waals surface area (Å²) in [6, 6.07) is 14.0. The van der Waals surface area contributed by atoms with Gasteiger partial charge in [0.2, 0.25) is 0 Å². The molecule has 0 radical (unpaired) electrons. The first-order chi connectivity index (χ1) is 12.0. The van der Waals surface area contributed by atoms with Crippen LogP contribution in [0.25, 0.3) is 0 Å². The minimum absolute atomic E-state index is 0.298. The minimum atomic E-state index is -0.438. The van der Waals surface area contributed by atoms with Gasteiger partial charge in [0, 0.05) is 33.5 Å². The van der Waals surface area contributed by atoms with Crippen molar-refractivity contribution in [3.05, 3.63) is 59.2 Å². The van der Waals surface area contributed by atoms with Gasteiger partial charge in [-0.1, -0.05) is 30.3 Å². The molecule has 3 rings (SSSR count). The van der Waals surface area contributed by atoms with Gasteiger partial charge < -0.3 is 9.47 Å². The van der Waals surface area contributed by atoms with Crippen LogP contribution < -0.4 is 9.47 Å². The lowest BCUT2D eigenvalue weighted by atomic mass is 10.1. The van der Waals surface area contributed by atoms with Gasteiger partial charge in [-0.15, -0.1) is 0 Å². The Morgan fingerprint density at radius 1 is 0.920 bits per heavy atom. The van der Waals surface area contributed by atoms with Gasteiger partial charge in [-0.3, -0.25) is 14.5 Å². The highest BCUT2D eigenvalue weighted by Crippen LogP contribution is 2.35. The quantitative estimate of drug-likeness (QED) is 0.619. The third kappa shape index (κ3) is 4.45. The number of nitrogens with zero attached hydrogens (tertiary/aromatic N) is 1. The number of hydrogen-bond donors (Lipinski definition) is 0. The molecule has 0 unspecified atom stereocenters. The number of hydrogen-bond acceptors (Lipinski definition) is 5. The van der Waals surface area contributed by atoms with Crippen LogP contribution in [0.1, 0.15) is 30.5 Å².